The summed E-state index contributed by atoms with van der Waals surface area (Å²) in [7, 11) is 2.16. The van der Waals surface area contributed by atoms with Gasteiger partial charge in [-0.25, -0.2) is 9.97 Å². The highest BCUT2D eigenvalue weighted by molar-refractivity contribution is 5.97. The average Bonchev–Trinajstić information content (AvgIpc) is 3.73. The van der Waals surface area contributed by atoms with Gasteiger partial charge in [0.2, 0.25) is 5.91 Å². The summed E-state index contributed by atoms with van der Waals surface area (Å²) < 4.78 is 0. The van der Waals surface area contributed by atoms with Gasteiger partial charge in [0, 0.05) is 55.6 Å². The van der Waals surface area contributed by atoms with Crippen molar-refractivity contribution in [2.75, 3.05) is 43.4 Å². The van der Waals surface area contributed by atoms with Crippen molar-refractivity contribution in [3.05, 3.63) is 48.9 Å². The van der Waals surface area contributed by atoms with Gasteiger partial charge in [-0.05, 0) is 44.2 Å². The zero-order valence-electron chi connectivity index (χ0n) is 21.9. The topological polar surface area (TPSA) is 119 Å². The SMILES string of the molecule is CN1CCN(c2cccc3[nH]c(-c4[nH]nc5ncc(-c6cncc(NC(=O)C7CCCC7)c6)cc45)nc23)CC1. The van der Waals surface area contributed by atoms with Crippen molar-refractivity contribution in [2.24, 2.45) is 5.92 Å². The van der Waals surface area contributed by atoms with Gasteiger partial charge in [0.15, 0.2) is 11.5 Å². The number of imidazole rings is 1. The van der Waals surface area contributed by atoms with Gasteiger partial charge >= 0.3 is 0 Å². The second-order valence-corrected chi connectivity index (χ2v) is 10.7. The number of amides is 1. The van der Waals surface area contributed by atoms with E-state index in [0.717, 1.165) is 96.6 Å². The van der Waals surface area contributed by atoms with Crippen LogP contribution in [0.25, 0.3) is 44.7 Å². The molecule has 39 heavy (non-hydrogen) atoms. The maximum atomic E-state index is 12.6. The lowest BCUT2D eigenvalue weighted by Crippen LogP contribution is -2.44. The standard InChI is InChI=1S/C29H31N9O/c1-37-9-11-38(12-10-37)24-8-4-7-23-26(24)34-28(33-23)25-22-14-20(16-31-27(22)36-35-25)19-13-21(17-30-15-19)32-29(39)18-5-2-3-6-18/h4,7-8,13-18H,2-3,5-6,9-12H2,1H3,(H,32,39)(H,33,34)(H,31,35,36). The molecule has 1 amide bonds. The van der Waals surface area contributed by atoms with Crippen LogP contribution in [-0.2, 0) is 4.79 Å². The number of nitrogens with one attached hydrogen (secondary N) is 3. The Hall–Kier alpha value is -4.31. The van der Waals surface area contributed by atoms with E-state index in [1.165, 1.54) is 0 Å². The van der Waals surface area contributed by atoms with E-state index >= 15 is 0 Å². The minimum absolute atomic E-state index is 0.0815. The Morgan fingerprint density at radius 1 is 1.03 bits per heavy atom. The minimum Gasteiger partial charge on any atom is -0.367 e. The number of fused-ring (bicyclic) bond motifs is 2. The van der Waals surface area contributed by atoms with Gasteiger partial charge in [0.1, 0.15) is 11.2 Å². The fraction of sp³-hybridized carbons (Fsp3) is 0.345. The normalized spacial score (nSPS) is 16.9. The number of H-pyrrole nitrogens is 2. The maximum Gasteiger partial charge on any atom is 0.227 e. The van der Waals surface area contributed by atoms with Crippen LogP contribution in [0.1, 0.15) is 25.7 Å². The van der Waals surface area contributed by atoms with Gasteiger partial charge in [-0.1, -0.05) is 18.9 Å². The Balaban J connectivity index is 1.21. The molecular weight excluding hydrogens is 490 g/mol. The number of carbonyl (C=O) groups excluding carboxylic acids is 1. The lowest BCUT2D eigenvalue weighted by atomic mass is 10.1. The molecule has 3 N–H and O–H groups in total. The number of anilines is 2. The monoisotopic (exact) mass is 521 g/mol. The predicted molar refractivity (Wildman–Crippen MR) is 153 cm³/mol. The smallest absolute Gasteiger partial charge is 0.227 e. The molecule has 0 radical (unpaired) electrons. The van der Waals surface area contributed by atoms with Crippen LogP contribution in [0, 0.1) is 5.92 Å². The third kappa shape index (κ3) is 4.50. The van der Waals surface area contributed by atoms with Crippen LogP contribution in [-0.4, -0.2) is 74.2 Å². The largest absolute Gasteiger partial charge is 0.367 e. The Labute approximate surface area is 225 Å². The van der Waals surface area contributed by atoms with E-state index in [2.05, 4.69) is 71.6 Å². The molecule has 7 rings (SSSR count). The molecule has 1 aromatic carbocycles. The number of nitrogens with zero attached hydrogens (tertiary/aromatic N) is 6. The van der Waals surface area contributed by atoms with E-state index in [1.54, 1.807) is 18.6 Å². The molecule has 2 fully saturated rings. The molecule has 0 spiro atoms. The molecule has 10 heteroatoms. The van der Waals surface area contributed by atoms with Crippen molar-refractivity contribution in [2.45, 2.75) is 25.7 Å². The number of carbonyl (C=O) groups is 1. The average molecular weight is 522 g/mol. The van der Waals surface area contributed by atoms with Crippen molar-refractivity contribution >= 4 is 39.3 Å². The summed E-state index contributed by atoms with van der Waals surface area (Å²) in [6.07, 6.45) is 9.43. The number of piperazine rings is 1. The number of rotatable bonds is 5. The highest BCUT2D eigenvalue weighted by Gasteiger charge is 2.23. The van der Waals surface area contributed by atoms with Crippen LogP contribution in [0.5, 0.6) is 0 Å². The van der Waals surface area contributed by atoms with Gasteiger partial charge in [-0.2, -0.15) is 5.10 Å². The van der Waals surface area contributed by atoms with E-state index in [1.807, 2.05) is 6.07 Å². The van der Waals surface area contributed by atoms with E-state index in [4.69, 9.17) is 4.98 Å². The molecule has 5 heterocycles. The summed E-state index contributed by atoms with van der Waals surface area (Å²) in [5.74, 6) is 0.905. The van der Waals surface area contributed by atoms with Crippen LogP contribution in [0.2, 0.25) is 0 Å². The van der Waals surface area contributed by atoms with Crippen molar-refractivity contribution in [1.29, 1.82) is 0 Å². The van der Waals surface area contributed by atoms with Crippen LogP contribution in [0.4, 0.5) is 11.4 Å². The molecule has 1 aliphatic heterocycles. The van der Waals surface area contributed by atoms with E-state index in [0.29, 0.717) is 11.3 Å². The molecule has 5 aromatic rings. The summed E-state index contributed by atoms with van der Waals surface area (Å²) in [5.41, 5.74) is 6.97. The molecule has 1 saturated carbocycles. The Morgan fingerprint density at radius 2 is 1.85 bits per heavy atom. The fourth-order valence-corrected chi connectivity index (χ4v) is 5.77. The van der Waals surface area contributed by atoms with E-state index in [-0.39, 0.29) is 11.8 Å². The van der Waals surface area contributed by atoms with E-state index in [9.17, 15) is 4.79 Å². The number of para-hydroxylation sites is 1. The molecule has 4 aromatic heterocycles. The number of likely N-dealkylation sites (N-methyl/N-ethyl adjacent to an activating group) is 1. The lowest BCUT2D eigenvalue weighted by Gasteiger charge is -2.34. The van der Waals surface area contributed by atoms with Crippen LogP contribution in [0.3, 0.4) is 0 Å². The Kier molecular flexibility index (Phi) is 5.96. The summed E-state index contributed by atoms with van der Waals surface area (Å²) >= 11 is 0. The van der Waals surface area contributed by atoms with Crippen molar-refractivity contribution in [1.82, 2.24) is 35.0 Å². The molecule has 1 aliphatic carbocycles. The number of hydrogen-bond acceptors (Lipinski definition) is 7. The van der Waals surface area contributed by atoms with Crippen LogP contribution >= 0.6 is 0 Å². The number of benzene rings is 1. The molecular formula is C29H31N9O. The van der Waals surface area contributed by atoms with Crippen molar-refractivity contribution in [3.8, 4) is 22.6 Å². The third-order valence-corrected chi connectivity index (χ3v) is 8.05. The zero-order chi connectivity index (χ0) is 26.3. The predicted octanol–water partition coefficient (Wildman–Crippen LogP) is 4.44. The number of aromatic amines is 2. The molecule has 198 valence electrons. The molecule has 0 bridgehead atoms. The summed E-state index contributed by atoms with van der Waals surface area (Å²) in [5, 5.41) is 11.5. The maximum absolute atomic E-state index is 12.6. The summed E-state index contributed by atoms with van der Waals surface area (Å²) in [6, 6.07) is 10.3. The van der Waals surface area contributed by atoms with Gasteiger partial charge in [-0.3, -0.25) is 14.9 Å². The second kappa shape index (κ2) is 9.77. The first-order valence-electron chi connectivity index (χ1n) is 13.7. The van der Waals surface area contributed by atoms with Gasteiger partial charge in [0.25, 0.3) is 0 Å². The minimum atomic E-state index is 0.0815. The molecule has 2 aliphatic rings. The van der Waals surface area contributed by atoms with Crippen LogP contribution < -0.4 is 10.2 Å². The molecule has 0 atom stereocenters. The second-order valence-electron chi connectivity index (χ2n) is 10.7. The fourth-order valence-electron chi connectivity index (χ4n) is 5.77. The molecule has 1 saturated heterocycles. The van der Waals surface area contributed by atoms with Crippen LogP contribution in [0.15, 0.2) is 48.9 Å². The highest BCUT2D eigenvalue weighted by atomic mass is 16.1. The summed E-state index contributed by atoms with van der Waals surface area (Å²) in [6.45, 7) is 4.03. The Morgan fingerprint density at radius 3 is 2.69 bits per heavy atom. The summed E-state index contributed by atoms with van der Waals surface area (Å²) in [4.78, 5) is 34.9. The van der Waals surface area contributed by atoms with E-state index < -0.39 is 0 Å². The molecule has 0 unspecified atom stereocenters. The first-order valence-corrected chi connectivity index (χ1v) is 13.7. The number of pyridine rings is 2. The first kappa shape index (κ1) is 23.8. The highest BCUT2D eigenvalue weighted by Crippen LogP contribution is 2.33. The zero-order valence-corrected chi connectivity index (χ0v) is 21.9. The van der Waals surface area contributed by atoms with Crippen molar-refractivity contribution < 1.29 is 4.79 Å². The van der Waals surface area contributed by atoms with Gasteiger partial charge in [-0.15, -0.1) is 0 Å². The quantitative estimate of drug-likeness (QED) is 0.313. The van der Waals surface area contributed by atoms with Gasteiger partial charge < -0.3 is 20.1 Å². The van der Waals surface area contributed by atoms with Gasteiger partial charge in [0.05, 0.1) is 28.5 Å². The number of aromatic nitrogens is 6. The first-order chi connectivity index (χ1) is 19.1. The lowest BCUT2D eigenvalue weighted by molar-refractivity contribution is -0.119. The third-order valence-electron chi connectivity index (χ3n) is 8.05. The molecule has 10 nitrogen and oxygen atoms in total. The van der Waals surface area contributed by atoms with Crippen molar-refractivity contribution in [3.63, 3.8) is 0 Å². The Bertz CT molecular complexity index is 1660. The number of hydrogen-bond donors (Lipinski definition) is 3.